The largest absolute Gasteiger partial charge is 0.421 e. The summed E-state index contributed by atoms with van der Waals surface area (Å²) in [6.45, 7) is 4.61. The van der Waals surface area contributed by atoms with Gasteiger partial charge in [0.15, 0.2) is 6.29 Å². The summed E-state index contributed by atoms with van der Waals surface area (Å²) < 4.78 is 10.3. The monoisotopic (exact) mass is 160 g/mol. The molecule has 2 saturated heterocycles. The fraction of sp³-hybridized carbons (Fsp3) is 1.00. The minimum Gasteiger partial charge on any atom is -0.270 e. The van der Waals surface area contributed by atoms with E-state index >= 15 is 0 Å². The summed E-state index contributed by atoms with van der Waals surface area (Å²) in [4.78, 5) is 4.52. The zero-order valence-electron chi connectivity index (χ0n) is 5.71. The third-order valence-electron chi connectivity index (χ3n) is 1.84. The molecule has 2 aliphatic heterocycles. The lowest BCUT2D eigenvalue weighted by Gasteiger charge is -2.12. The maximum atomic E-state index is 10.3. The van der Waals surface area contributed by atoms with Crippen molar-refractivity contribution in [3.8, 4) is 0 Å². The molecule has 0 bridgehead atoms. The molecule has 0 aliphatic carbocycles. The highest BCUT2D eigenvalue weighted by molar-refractivity contribution is 7.21. The van der Waals surface area contributed by atoms with Crippen molar-refractivity contribution in [2.45, 2.75) is 6.29 Å². The fourth-order valence-electron chi connectivity index (χ4n) is 1.07. The second-order valence-corrected chi connectivity index (χ2v) is 3.18. The Kier molecular flexibility index (Phi) is 1.70. The van der Waals surface area contributed by atoms with Gasteiger partial charge in [-0.1, -0.05) is 9.65 Å². The van der Waals surface area contributed by atoms with E-state index in [1.165, 1.54) is 0 Å². The van der Waals surface area contributed by atoms with Crippen molar-refractivity contribution in [2.24, 2.45) is 0 Å². The van der Waals surface area contributed by atoms with Crippen LogP contribution in [0.25, 0.3) is 0 Å². The summed E-state index contributed by atoms with van der Waals surface area (Å²) >= 11 is 0. The molecule has 2 fully saturated rings. The Hall–Kier alpha value is -0.0200. The van der Waals surface area contributed by atoms with Crippen LogP contribution in [0.2, 0.25) is 0 Å². The normalized spacial score (nSPS) is 26.1. The van der Waals surface area contributed by atoms with Crippen molar-refractivity contribution < 1.29 is 4.57 Å². The van der Waals surface area contributed by atoms with E-state index in [-0.39, 0.29) is 14.9 Å². The zero-order chi connectivity index (χ0) is 6.97. The standard InChI is InChI=1S/C5H10N3OP/c9-10-6-5(7-1-2-7)8-3-4-8/h5H,1-4H2,(H,6,9)/p+1. The molecule has 0 aromatic rings. The third-order valence-corrected chi connectivity index (χ3v) is 2.22. The van der Waals surface area contributed by atoms with E-state index in [1.807, 2.05) is 0 Å². The molecule has 2 heterocycles. The van der Waals surface area contributed by atoms with Crippen LogP contribution in [0.4, 0.5) is 0 Å². The quantitative estimate of drug-likeness (QED) is 0.441. The minimum atomic E-state index is -0.380. The Morgan fingerprint density at radius 3 is 2.00 bits per heavy atom. The number of rotatable bonds is 4. The van der Waals surface area contributed by atoms with E-state index < -0.39 is 0 Å². The molecule has 1 unspecified atom stereocenters. The zero-order valence-corrected chi connectivity index (χ0v) is 6.71. The molecule has 1 atom stereocenters. The van der Waals surface area contributed by atoms with Crippen molar-refractivity contribution in [3.63, 3.8) is 0 Å². The van der Waals surface area contributed by atoms with Crippen molar-refractivity contribution in [1.82, 2.24) is 14.9 Å². The SMILES string of the molecule is O=[PH+]NC(N1CC1)N1CC1. The van der Waals surface area contributed by atoms with Crippen molar-refractivity contribution >= 4 is 8.61 Å². The number of hydrogen-bond acceptors (Lipinski definition) is 3. The summed E-state index contributed by atoms with van der Waals surface area (Å²) in [5.41, 5.74) is 0. The highest BCUT2D eigenvalue weighted by Gasteiger charge is 2.38. The molecule has 0 aromatic carbocycles. The van der Waals surface area contributed by atoms with Crippen LogP contribution in [0.15, 0.2) is 0 Å². The van der Waals surface area contributed by atoms with Gasteiger partial charge in [-0.2, -0.15) is 0 Å². The molecule has 0 amide bonds. The summed E-state index contributed by atoms with van der Waals surface area (Å²) in [5, 5.41) is 2.93. The highest BCUT2D eigenvalue weighted by Crippen LogP contribution is 2.19. The molecule has 2 aliphatic rings. The Morgan fingerprint density at radius 2 is 1.70 bits per heavy atom. The lowest BCUT2D eigenvalue weighted by Crippen LogP contribution is -2.37. The topological polar surface area (TPSA) is 35.1 Å². The lowest BCUT2D eigenvalue weighted by atomic mass is 10.8. The predicted molar refractivity (Wildman–Crippen MR) is 39.1 cm³/mol. The van der Waals surface area contributed by atoms with Gasteiger partial charge in [-0.3, -0.25) is 9.80 Å². The molecule has 4 nitrogen and oxygen atoms in total. The number of nitrogens with one attached hydrogen (secondary N) is 1. The van der Waals surface area contributed by atoms with Gasteiger partial charge >= 0.3 is 8.61 Å². The predicted octanol–water partition coefficient (Wildman–Crippen LogP) is -0.570. The van der Waals surface area contributed by atoms with Crippen molar-refractivity contribution in [3.05, 3.63) is 0 Å². The van der Waals surface area contributed by atoms with Crippen molar-refractivity contribution in [1.29, 1.82) is 0 Å². The summed E-state index contributed by atoms with van der Waals surface area (Å²) in [7, 11) is -0.380. The van der Waals surface area contributed by atoms with Gasteiger partial charge in [0, 0.05) is 26.2 Å². The van der Waals surface area contributed by atoms with Gasteiger partial charge in [0.05, 0.1) is 0 Å². The van der Waals surface area contributed by atoms with Gasteiger partial charge in [0.25, 0.3) is 0 Å². The second-order valence-electron chi connectivity index (χ2n) is 2.69. The Labute approximate surface area is 61.4 Å². The molecule has 1 N–H and O–H groups in total. The average molecular weight is 160 g/mol. The fourth-order valence-corrected chi connectivity index (χ4v) is 1.54. The molecule has 56 valence electrons. The molecule has 0 aromatic heterocycles. The van der Waals surface area contributed by atoms with Gasteiger partial charge in [-0.25, -0.2) is 0 Å². The summed E-state index contributed by atoms with van der Waals surface area (Å²) in [6, 6.07) is 0. The first-order valence-electron chi connectivity index (χ1n) is 3.52. The van der Waals surface area contributed by atoms with E-state index in [1.54, 1.807) is 0 Å². The second kappa shape index (κ2) is 2.55. The van der Waals surface area contributed by atoms with Crippen LogP contribution in [0.1, 0.15) is 0 Å². The molecule has 0 spiro atoms. The third kappa shape index (κ3) is 1.35. The maximum absolute atomic E-state index is 10.3. The minimum absolute atomic E-state index is 0.274. The van der Waals surface area contributed by atoms with Crippen LogP contribution < -0.4 is 5.09 Å². The molecule has 0 radical (unpaired) electrons. The van der Waals surface area contributed by atoms with Crippen LogP contribution in [0.3, 0.4) is 0 Å². The molecular weight excluding hydrogens is 149 g/mol. The van der Waals surface area contributed by atoms with Crippen LogP contribution in [-0.2, 0) is 4.57 Å². The Morgan fingerprint density at radius 1 is 1.20 bits per heavy atom. The average Bonchev–Trinajstić information content (AvgIpc) is 2.77. The van der Waals surface area contributed by atoms with Crippen LogP contribution in [-0.4, -0.2) is 42.3 Å². The summed E-state index contributed by atoms with van der Waals surface area (Å²) in [5.74, 6) is 0. The Balaban J connectivity index is 1.85. The number of nitrogens with zero attached hydrogens (tertiary/aromatic N) is 2. The molecular formula is C5H11N3OP+. The molecule has 0 saturated carbocycles. The lowest BCUT2D eigenvalue weighted by molar-refractivity contribution is 0.235. The summed E-state index contributed by atoms with van der Waals surface area (Å²) in [6.07, 6.45) is 0.274. The van der Waals surface area contributed by atoms with E-state index in [0.29, 0.717) is 0 Å². The molecule has 5 heteroatoms. The van der Waals surface area contributed by atoms with Gasteiger partial charge in [0.1, 0.15) is 0 Å². The smallest absolute Gasteiger partial charge is 0.270 e. The first-order valence-corrected chi connectivity index (χ1v) is 4.43. The van der Waals surface area contributed by atoms with Crippen LogP contribution >= 0.6 is 8.61 Å². The van der Waals surface area contributed by atoms with Gasteiger partial charge in [-0.05, 0) is 0 Å². The first kappa shape index (κ1) is 6.68. The van der Waals surface area contributed by atoms with Crippen molar-refractivity contribution in [2.75, 3.05) is 26.2 Å². The van der Waals surface area contributed by atoms with Gasteiger partial charge < -0.3 is 0 Å². The van der Waals surface area contributed by atoms with Crippen LogP contribution in [0, 0.1) is 0 Å². The van der Waals surface area contributed by atoms with E-state index in [2.05, 4.69) is 14.9 Å². The maximum Gasteiger partial charge on any atom is 0.421 e. The molecule has 10 heavy (non-hydrogen) atoms. The van der Waals surface area contributed by atoms with E-state index in [9.17, 15) is 4.57 Å². The van der Waals surface area contributed by atoms with E-state index in [4.69, 9.17) is 0 Å². The molecule has 2 rings (SSSR count). The van der Waals surface area contributed by atoms with Crippen LogP contribution in [0.5, 0.6) is 0 Å². The van der Waals surface area contributed by atoms with E-state index in [0.717, 1.165) is 26.2 Å². The van der Waals surface area contributed by atoms with Gasteiger partial charge in [-0.15, -0.1) is 0 Å². The highest BCUT2D eigenvalue weighted by atomic mass is 31.1. The van der Waals surface area contributed by atoms with Gasteiger partial charge in [0.2, 0.25) is 0 Å². The first-order chi connectivity index (χ1) is 4.92. The Bertz CT molecular complexity index is 134. The number of hydrogen-bond donors (Lipinski definition) is 1.